The fourth-order valence-electron chi connectivity index (χ4n) is 3.82. The third-order valence-electron chi connectivity index (χ3n) is 4.96. The molecule has 140 valence electrons. The van der Waals surface area contributed by atoms with Crippen LogP contribution < -0.4 is 5.32 Å². The van der Waals surface area contributed by atoms with Crippen molar-refractivity contribution in [1.82, 2.24) is 4.98 Å². The van der Waals surface area contributed by atoms with Gasteiger partial charge >= 0.3 is 5.97 Å². The number of fused-ring (bicyclic) bond motifs is 1. The number of ether oxygens (including phenoxy) is 1. The van der Waals surface area contributed by atoms with Gasteiger partial charge in [-0.15, -0.1) is 0 Å². The first-order valence-corrected chi connectivity index (χ1v) is 8.90. The maximum atomic E-state index is 12.5. The summed E-state index contributed by atoms with van der Waals surface area (Å²) in [6.07, 6.45) is 4.91. The number of carboxylic acids is 1. The van der Waals surface area contributed by atoms with Gasteiger partial charge in [0.05, 0.1) is 6.42 Å². The maximum Gasteiger partial charge on any atom is 0.303 e. The van der Waals surface area contributed by atoms with Crippen molar-refractivity contribution in [3.05, 3.63) is 24.1 Å². The van der Waals surface area contributed by atoms with E-state index in [2.05, 4.69) is 10.3 Å². The fraction of sp³-hybridized carbons (Fsp3) is 0.526. The third-order valence-corrected chi connectivity index (χ3v) is 4.96. The molecule has 7 nitrogen and oxygen atoms in total. The second kappa shape index (κ2) is 7.86. The first-order valence-electron chi connectivity index (χ1n) is 8.90. The van der Waals surface area contributed by atoms with Crippen molar-refractivity contribution in [1.29, 1.82) is 0 Å². The number of carbonyl (C=O) groups excluding carboxylic acids is 1. The SMILES string of the molecule is COCc1nc2cc(NC(=O)CC3(CC(=O)O)CCCCC3)ccc2o1. The van der Waals surface area contributed by atoms with Gasteiger partial charge in [0.1, 0.15) is 12.1 Å². The average molecular weight is 360 g/mol. The van der Waals surface area contributed by atoms with Crippen LogP contribution in [0.4, 0.5) is 5.69 Å². The molecule has 2 N–H and O–H groups in total. The molecule has 26 heavy (non-hydrogen) atoms. The number of carbonyl (C=O) groups is 2. The lowest BCUT2D eigenvalue weighted by Gasteiger charge is -2.35. The van der Waals surface area contributed by atoms with Crippen LogP contribution in [0.1, 0.15) is 50.8 Å². The van der Waals surface area contributed by atoms with E-state index in [0.29, 0.717) is 22.7 Å². The molecule has 1 aliphatic rings. The number of aliphatic carboxylic acids is 1. The van der Waals surface area contributed by atoms with Crippen LogP contribution in [0.2, 0.25) is 0 Å². The summed E-state index contributed by atoms with van der Waals surface area (Å²) >= 11 is 0. The predicted molar refractivity (Wildman–Crippen MR) is 95.7 cm³/mol. The number of carboxylic acid groups (broad SMARTS) is 1. The van der Waals surface area contributed by atoms with Gasteiger partial charge in [-0.25, -0.2) is 4.98 Å². The summed E-state index contributed by atoms with van der Waals surface area (Å²) in [4.78, 5) is 28.1. The Hall–Kier alpha value is -2.41. The van der Waals surface area contributed by atoms with Crippen LogP contribution in [0.5, 0.6) is 0 Å². The number of nitrogens with zero attached hydrogens (tertiary/aromatic N) is 1. The number of anilines is 1. The van der Waals surface area contributed by atoms with Crippen molar-refractivity contribution in [2.75, 3.05) is 12.4 Å². The van der Waals surface area contributed by atoms with Gasteiger partial charge in [0.15, 0.2) is 5.58 Å². The molecule has 1 heterocycles. The molecule has 2 aromatic rings. The molecular formula is C19H24N2O5. The second-order valence-corrected chi connectivity index (χ2v) is 7.08. The number of oxazole rings is 1. The highest BCUT2D eigenvalue weighted by Gasteiger charge is 2.36. The molecule has 0 bridgehead atoms. The number of rotatable bonds is 7. The van der Waals surface area contributed by atoms with Crippen LogP contribution in [0.3, 0.4) is 0 Å². The first-order chi connectivity index (χ1) is 12.5. The van der Waals surface area contributed by atoms with E-state index in [0.717, 1.165) is 32.1 Å². The number of hydrogen-bond acceptors (Lipinski definition) is 5. The fourth-order valence-corrected chi connectivity index (χ4v) is 3.82. The average Bonchev–Trinajstić information content (AvgIpc) is 2.96. The van der Waals surface area contributed by atoms with Crippen molar-refractivity contribution in [3.63, 3.8) is 0 Å². The quantitative estimate of drug-likeness (QED) is 0.780. The first kappa shape index (κ1) is 18.4. The van der Waals surface area contributed by atoms with Crippen LogP contribution >= 0.6 is 0 Å². The monoisotopic (exact) mass is 360 g/mol. The smallest absolute Gasteiger partial charge is 0.303 e. The molecule has 0 spiro atoms. The molecule has 0 radical (unpaired) electrons. The molecule has 0 aliphatic heterocycles. The molecule has 0 unspecified atom stereocenters. The number of hydrogen-bond donors (Lipinski definition) is 2. The van der Waals surface area contributed by atoms with E-state index in [1.165, 1.54) is 0 Å². The summed E-state index contributed by atoms with van der Waals surface area (Å²) in [6, 6.07) is 5.26. The number of aromatic nitrogens is 1. The summed E-state index contributed by atoms with van der Waals surface area (Å²) in [5.74, 6) is -0.518. The van der Waals surface area contributed by atoms with Gasteiger partial charge in [0, 0.05) is 19.2 Å². The van der Waals surface area contributed by atoms with E-state index in [1.807, 2.05) is 0 Å². The number of benzene rings is 1. The van der Waals surface area contributed by atoms with Gasteiger partial charge in [0.2, 0.25) is 11.8 Å². The van der Waals surface area contributed by atoms with Gasteiger partial charge in [-0.1, -0.05) is 19.3 Å². The lowest BCUT2D eigenvalue weighted by Crippen LogP contribution is -2.32. The summed E-state index contributed by atoms with van der Waals surface area (Å²) in [6.45, 7) is 0.286. The van der Waals surface area contributed by atoms with Crippen LogP contribution in [0, 0.1) is 5.41 Å². The number of nitrogens with one attached hydrogen (secondary N) is 1. The predicted octanol–water partition coefficient (Wildman–Crippen LogP) is 3.73. The second-order valence-electron chi connectivity index (χ2n) is 7.08. The zero-order valence-electron chi connectivity index (χ0n) is 14.9. The summed E-state index contributed by atoms with van der Waals surface area (Å²) < 4.78 is 10.5. The van der Waals surface area contributed by atoms with Gasteiger partial charge in [0.25, 0.3) is 0 Å². The molecule has 3 rings (SSSR count). The molecule has 0 atom stereocenters. The topological polar surface area (TPSA) is 102 Å². The van der Waals surface area contributed by atoms with E-state index in [1.54, 1.807) is 25.3 Å². The highest BCUT2D eigenvalue weighted by molar-refractivity contribution is 5.93. The molecule has 1 saturated carbocycles. The molecule has 1 aliphatic carbocycles. The Balaban J connectivity index is 1.69. The number of methoxy groups -OCH3 is 1. The highest BCUT2D eigenvalue weighted by atomic mass is 16.5. The minimum absolute atomic E-state index is 0.0448. The molecule has 1 fully saturated rings. The highest BCUT2D eigenvalue weighted by Crippen LogP contribution is 2.42. The molecule has 0 saturated heterocycles. The van der Waals surface area contributed by atoms with E-state index in [-0.39, 0.29) is 25.4 Å². The summed E-state index contributed by atoms with van der Waals surface area (Å²) in [5.41, 5.74) is 1.47. The van der Waals surface area contributed by atoms with Gasteiger partial charge in [-0.3, -0.25) is 9.59 Å². The Morgan fingerprint density at radius 3 is 2.73 bits per heavy atom. The Kier molecular flexibility index (Phi) is 5.56. The normalized spacial score (nSPS) is 16.5. The number of amides is 1. The molecular weight excluding hydrogens is 336 g/mol. The molecule has 1 aromatic carbocycles. The van der Waals surface area contributed by atoms with Crippen LogP contribution in [-0.4, -0.2) is 29.1 Å². The Labute approximate surface area is 151 Å². The van der Waals surface area contributed by atoms with Crippen molar-refractivity contribution in [2.24, 2.45) is 5.41 Å². The Bertz CT molecular complexity index is 792. The Morgan fingerprint density at radius 2 is 2.04 bits per heavy atom. The van der Waals surface area contributed by atoms with E-state index in [4.69, 9.17) is 9.15 Å². The van der Waals surface area contributed by atoms with Gasteiger partial charge < -0.3 is 19.6 Å². The maximum absolute atomic E-state index is 12.5. The van der Waals surface area contributed by atoms with E-state index in [9.17, 15) is 14.7 Å². The lowest BCUT2D eigenvalue weighted by atomic mass is 9.69. The van der Waals surface area contributed by atoms with Crippen molar-refractivity contribution < 1.29 is 23.8 Å². The third kappa shape index (κ3) is 4.40. The summed E-state index contributed by atoms with van der Waals surface area (Å²) in [7, 11) is 1.57. The zero-order valence-corrected chi connectivity index (χ0v) is 14.9. The Morgan fingerprint density at radius 1 is 1.27 bits per heavy atom. The van der Waals surface area contributed by atoms with Crippen LogP contribution in [0.25, 0.3) is 11.1 Å². The minimum Gasteiger partial charge on any atom is -0.481 e. The van der Waals surface area contributed by atoms with Gasteiger partial charge in [-0.05, 0) is 36.5 Å². The zero-order chi connectivity index (χ0) is 18.6. The molecule has 1 aromatic heterocycles. The lowest BCUT2D eigenvalue weighted by molar-refractivity contribution is -0.140. The van der Waals surface area contributed by atoms with Crippen molar-refractivity contribution in [3.8, 4) is 0 Å². The van der Waals surface area contributed by atoms with Gasteiger partial charge in [-0.2, -0.15) is 0 Å². The summed E-state index contributed by atoms with van der Waals surface area (Å²) in [5, 5.41) is 12.1. The molecule has 1 amide bonds. The van der Waals surface area contributed by atoms with Crippen LogP contribution in [0.15, 0.2) is 22.6 Å². The largest absolute Gasteiger partial charge is 0.481 e. The van der Waals surface area contributed by atoms with E-state index < -0.39 is 11.4 Å². The minimum atomic E-state index is -0.839. The molecule has 7 heteroatoms. The van der Waals surface area contributed by atoms with Crippen molar-refractivity contribution >= 4 is 28.7 Å². The standard InChI is InChI=1S/C19H24N2O5/c1-25-12-17-21-14-9-13(5-6-15(14)26-17)20-16(22)10-19(11-18(23)24)7-3-2-4-8-19/h5-6,9H,2-4,7-8,10-12H2,1H3,(H,20,22)(H,23,24). The van der Waals surface area contributed by atoms with Crippen molar-refractivity contribution in [2.45, 2.75) is 51.6 Å². The van der Waals surface area contributed by atoms with E-state index >= 15 is 0 Å². The van der Waals surface area contributed by atoms with Crippen LogP contribution in [-0.2, 0) is 20.9 Å².